The number of H-pyrrole nitrogens is 1. The van der Waals surface area contributed by atoms with Gasteiger partial charge in [-0.1, -0.05) is 31.4 Å². The number of hydrogen-bond acceptors (Lipinski definition) is 5. The van der Waals surface area contributed by atoms with Gasteiger partial charge in [0.1, 0.15) is 17.6 Å². The van der Waals surface area contributed by atoms with Gasteiger partial charge in [-0.05, 0) is 86.8 Å². The highest BCUT2D eigenvalue weighted by Gasteiger charge is 2.51. The zero-order valence-electron chi connectivity index (χ0n) is 21.5. The van der Waals surface area contributed by atoms with Crippen LogP contribution in [0.25, 0.3) is 0 Å². The first-order valence-electron chi connectivity index (χ1n) is 14.3. The maximum Gasteiger partial charge on any atom is 0.335 e. The molecule has 0 saturated heterocycles. The molecule has 196 valence electrons. The van der Waals surface area contributed by atoms with Crippen molar-refractivity contribution in [3.63, 3.8) is 0 Å². The van der Waals surface area contributed by atoms with Crippen molar-refractivity contribution in [3.05, 3.63) is 52.6 Å². The van der Waals surface area contributed by atoms with E-state index in [1.807, 2.05) is 6.07 Å². The fourth-order valence-corrected chi connectivity index (χ4v) is 8.26. The molecule has 2 aromatic rings. The monoisotopic (exact) mass is 503 g/mol. The Morgan fingerprint density at radius 1 is 1.08 bits per heavy atom. The van der Waals surface area contributed by atoms with Crippen LogP contribution >= 0.6 is 0 Å². The molecule has 1 aromatic heterocycles. The van der Waals surface area contributed by atoms with Crippen molar-refractivity contribution in [2.75, 3.05) is 6.54 Å². The number of hydrogen-bond donors (Lipinski definition) is 2. The minimum absolute atomic E-state index is 0.0281. The number of ether oxygens (including phenoxy) is 2. The van der Waals surface area contributed by atoms with Crippen molar-refractivity contribution in [3.8, 4) is 0 Å². The summed E-state index contributed by atoms with van der Waals surface area (Å²) in [6.07, 6.45) is 13.7. The molecular formula is C30H37N3O4. The Kier molecular flexibility index (Phi) is 5.87. The van der Waals surface area contributed by atoms with Gasteiger partial charge in [-0.15, -0.1) is 0 Å². The van der Waals surface area contributed by atoms with Gasteiger partial charge in [0.15, 0.2) is 0 Å². The number of rotatable bonds is 7. The molecular weight excluding hydrogens is 466 g/mol. The Morgan fingerprint density at radius 2 is 1.81 bits per heavy atom. The van der Waals surface area contributed by atoms with Gasteiger partial charge in [-0.2, -0.15) is 0 Å². The molecule has 1 atom stereocenters. The minimum atomic E-state index is -0.936. The van der Waals surface area contributed by atoms with Crippen molar-refractivity contribution in [2.45, 2.75) is 94.9 Å². The number of benzene rings is 1. The third kappa shape index (κ3) is 4.49. The average molecular weight is 504 g/mol. The predicted molar refractivity (Wildman–Crippen MR) is 139 cm³/mol. The molecule has 1 aliphatic heterocycles. The Morgan fingerprint density at radius 3 is 2.51 bits per heavy atom. The lowest BCUT2D eigenvalue weighted by Gasteiger charge is -2.56. The summed E-state index contributed by atoms with van der Waals surface area (Å²) in [5.74, 6) is 3.63. The second-order valence-corrected chi connectivity index (χ2v) is 12.4. The highest BCUT2D eigenvalue weighted by molar-refractivity contribution is 5.94. The Labute approximate surface area is 218 Å². The van der Waals surface area contributed by atoms with Gasteiger partial charge in [0, 0.05) is 5.92 Å². The minimum Gasteiger partial charge on any atom is -0.478 e. The number of carboxylic acid groups (broad SMARTS) is 1. The molecule has 5 fully saturated rings. The summed E-state index contributed by atoms with van der Waals surface area (Å²) in [6.45, 7) is 0.974. The summed E-state index contributed by atoms with van der Waals surface area (Å²) < 4.78 is 13.2. The summed E-state index contributed by atoms with van der Waals surface area (Å²) in [4.78, 5) is 24.9. The van der Waals surface area contributed by atoms with E-state index in [9.17, 15) is 9.90 Å². The zero-order chi connectivity index (χ0) is 25.0. The molecule has 2 N–H and O–H groups in total. The molecule has 5 saturated carbocycles. The van der Waals surface area contributed by atoms with Crippen LogP contribution in [0.5, 0.6) is 0 Å². The predicted octanol–water partition coefficient (Wildman–Crippen LogP) is 6.16. The van der Waals surface area contributed by atoms with E-state index in [1.54, 1.807) is 18.2 Å². The molecule has 7 heteroatoms. The van der Waals surface area contributed by atoms with Gasteiger partial charge in [-0.3, -0.25) is 0 Å². The number of aliphatic imine (C=N–C) groups is 1. The normalized spacial score (nSPS) is 32.9. The Bertz CT molecular complexity index is 1180. The molecule has 37 heavy (non-hydrogen) atoms. The summed E-state index contributed by atoms with van der Waals surface area (Å²) >= 11 is 0. The highest BCUT2D eigenvalue weighted by atomic mass is 16.5. The van der Waals surface area contributed by atoms with E-state index >= 15 is 0 Å². The summed E-state index contributed by atoms with van der Waals surface area (Å²) in [5.41, 5.74) is 2.88. The number of nitrogens with zero attached hydrogens (tertiary/aromatic N) is 2. The van der Waals surface area contributed by atoms with E-state index in [0.717, 1.165) is 40.5 Å². The van der Waals surface area contributed by atoms with Crippen molar-refractivity contribution < 1.29 is 19.4 Å². The van der Waals surface area contributed by atoms with Crippen LogP contribution in [0.15, 0.2) is 29.3 Å². The number of aromatic nitrogens is 2. The molecule has 7 nitrogen and oxygen atoms in total. The van der Waals surface area contributed by atoms with Gasteiger partial charge in [0.25, 0.3) is 0 Å². The first kappa shape index (κ1) is 23.4. The standard InChI is InChI=1S/C30H37N3O4/c34-29(35)23-8-4-7-22(12-23)25-16-31-28(37-25)26-24(32-27(33-26)21-5-2-1-3-6-21)17-36-30-13-18-9-19(14-30)11-20(10-18)15-30/h4,7-8,12,18-21,25H,1-3,5-6,9-11,13-17H2,(H,32,33)(H,34,35). The molecule has 2 heterocycles. The molecule has 0 radical (unpaired) electrons. The first-order chi connectivity index (χ1) is 18.0. The number of carbonyl (C=O) groups is 1. The van der Waals surface area contributed by atoms with Gasteiger partial charge in [0.05, 0.1) is 30.0 Å². The average Bonchev–Trinajstić information content (AvgIpc) is 3.55. The van der Waals surface area contributed by atoms with E-state index in [1.165, 1.54) is 70.6 Å². The maximum atomic E-state index is 11.5. The molecule has 0 amide bonds. The lowest BCUT2D eigenvalue weighted by Crippen LogP contribution is -2.51. The molecule has 5 aliphatic carbocycles. The first-order valence-corrected chi connectivity index (χ1v) is 14.3. The van der Waals surface area contributed by atoms with Crippen LogP contribution in [0, 0.1) is 17.8 Å². The van der Waals surface area contributed by atoms with Crippen LogP contribution in [0.2, 0.25) is 0 Å². The van der Waals surface area contributed by atoms with Crippen LogP contribution in [-0.4, -0.2) is 39.1 Å². The SMILES string of the molecule is O=C(O)c1cccc(C2CN=C(c3nc(C4CCCCC4)[nH]c3COC34CC5CC(CC(C5)C3)C4)O2)c1. The highest BCUT2D eigenvalue weighted by Crippen LogP contribution is 2.57. The number of carboxylic acids is 1. The van der Waals surface area contributed by atoms with Crippen LogP contribution in [0.4, 0.5) is 0 Å². The van der Waals surface area contributed by atoms with E-state index in [-0.39, 0.29) is 17.3 Å². The van der Waals surface area contributed by atoms with Crippen LogP contribution in [0.1, 0.15) is 116 Å². The smallest absolute Gasteiger partial charge is 0.335 e. The lowest BCUT2D eigenvalue weighted by molar-refractivity contribution is -0.169. The zero-order valence-corrected chi connectivity index (χ0v) is 21.5. The number of aromatic amines is 1. The lowest BCUT2D eigenvalue weighted by atomic mass is 9.54. The third-order valence-electron chi connectivity index (χ3n) is 9.66. The molecule has 0 spiro atoms. The molecule has 1 unspecified atom stereocenters. The van der Waals surface area contributed by atoms with Crippen molar-refractivity contribution in [1.29, 1.82) is 0 Å². The van der Waals surface area contributed by atoms with Gasteiger partial charge in [0.2, 0.25) is 5.90 Å². The topological polar surface area (TPSA) is 96.8 Å². The van der Waals surface area contributed by atoms with Crippen molar-refractivity contribution in [1.82, 2.24) is 9.97 Å². The second kappa shape index (κ2) is 9.26. The van der Waals surface area contributed by atoms with Gasteiger partial charge < -0.3 is 19.6 Å². The molecule has 8 rings (SSSR count). The van der Waals surface area contributed by atoms with E-state index in [4.69, 9.17) is 19.5 Å². The van der Waals surface area contributed by atoms with Crippen molar-refractivity contribution >= 4 is 11.9 Å². The summed E-state index contributed by atoms with van der Waals surface area (Å²) in [6, 6.07) is 6.96. The number of nitrogens with one attached hydrogen (secondary N) is 1. The fourth-order valence-electron chi connectivity index (χ4n) is 8.26. The fraction of sp³-hybridized carbons (Fsp3) is 0.633. The summed E-state index contributed by atoms with van der Waals surface area (Å²) in [7, 11) is 0. The van der Waals surface area contributed by atoms with Crippen LogP contribution in [-0.2, 0) is 16.1 Å². The molecule has 4 bridgehead atoms. The second-order valence-electron chi connectivity index (χ2n) is 12.4. The quantitative estimate of drug-likeness (QED) is 0.472. The van der Waals surface area contributed by atoms with E-state index < -0.39 is 5.97 Å². The number of aromatic carboxylic acids is 1. The third-order valence-corrected chi connectivity index (χ3v) is 9.66. The maximum absolute atomic E-state index is 11.5. The summed E-state index contributed by atoms with van der Waals surface area (Å²) in [5, 5.41) is 9.39. The van der Waals surface area contributed by atoms with E-state index in [0.29, 0.717) is 25.0 Å². The van der Waals surface area contributed by atoms with Crippen LogP contribution < -0.4 is 0 Å². The number of imidazole rings is 1. The molecule has 1 aromatic carbocycles. The largest absolute Gasteiger partial charge is 0.478 e. The van der Waals surface area contributed by atoms with Crippen molar-refractivity contribution in [2.24, 2.45) is 22.7 Å². The molecule has 6 aliphatic rings. The Hall–Kier alpha value is -2.67. The Balaban J connectivity index is 1.13. The van der Waals surface area contributed by atoms with Gasteiger partial charge in [-0.25, -0.2) is 14.8 Å². The van der Waals surface area contributed by atoms with Gasteiger partial charge >= 0.3 is 5.97 Å². The van der Waals surface area contributed by atoms with E-state index in [2.05, 4.69) is 4.98 Å². The van der Waals surface area contributed by atoms with Crippen LogP contribution in [0.3, 0.4) is 0 Å².